The largest absolute Gasteiger partial charge is 0.394 e. The predicted octanol–water partition coefficient (Wildman–Crippen LogP) is 21.6. The average molecular weight is 1220 g/mol. The van der Waals surface area contributed by atoms with Crippen LogP contribution in [0.2, 0.25) is 0 Å². The molecule has 1 aliphatic heterocycles. The Morgan fingerprint density at radius 1 is 0.384 bits per heavy atom. The second-order valence-electron chi connectivity index (χ2n) is 27.2. The van der Waals surface area contributed by atoms with Gasteiger partial charge in [-0.3, -0.25) is 4.79 Å². The molecule has 7 atom stereocenters. The Morgan fingerprint density at radius 2 is 0.651 bits per heavy atom. The van der Waals surface area contributed by atoms with Gasteiger partial charge in [0, 0.05) is 6.42 Å². The lowest BCUT2D eigenvalue weighted by atomic mass is 9.99. The molecular formula is C77H149NO8. The number of rotatable bonds is 69. The summed E-state index contributed by atoms with van der Waals surface area (Å²) >= 11 is 0. The summed E-state index contributed by atoms with van der Waals surface area (Å²) in [5.74, 6) is -0.167. The van der Waals surface area contributed by atoms with E-state index >= 15 is 0 Å². The fourth-order valence-electron chi connectivity index (χ4n) is 12.7. The van der Waals surface area contributed by atoms with Crippen molar-refractivity contribution in [3.63, 3.8) is 0 Å². The number of nitrogens with one attached hydrogen (secondary N) is 1. The first-order chi connectivity index (χ1) is 42.3. The van der Waals surface area contributed by atoms with Crippen LogP contribution in [0.4, 0.5) is 0 Å². The van der Waals surface area contributed by atoms with Crippen LogP contribution in [-0.4, -0.2) is 87.5 Å². The number of hydrogen-bond donors (Lipinski definition) is 6. The number of allylic oxidation sites excluding steroid dienone is 3. The Kier molecular flexibility index (Phi) is 64.0. The second-order valence-corrected chi connectivity index (χ2v) is 27.2. The fraction of sp³-hybridized carbons (Fsp3) is 0.935. The number of carbonyl (C=O) groups excluding carboxylic acids is 1. The summed E-state index contributed by atoms with van der Waals surface area (Å²) in [6.45, 7) is 3.85. The molecule has 0 aromatic heterocycles. The number of aliphatic hydroxyl groups is 5. The van der Waals surface area contributed by atoms with E-state index in [4.69, 9.17) is 9.47 Å². The third-order valence-electron chi connectivity index (χ3n) is 18.8. The standard InChI is InChI=1S/C77H149NO8/c1-3-5-7-9-11-13-15-17-19-21-23-25-27-29-31-33-35-37-38-40-42-44-46-48-50-52-54-56-58-60-62-64-66-71(80)70(69-85-77-76(84)75(83)74(82)72(68-79)86-77)78-73(81)67-65-63-61-59-57-55-53-51-49-47-45-43-41-39-36-34-32-30-28-26-24-22-20-18-16-14-12-10-8-6-4-2/h22,24,64,66,70-72,74-77,79-80,82-84H,3-21,23,25-63,65,67-69H2,1-2H3,(H,78,81)/b24-22-,66-64+. The minimum atomic E-state index is -1.57. The van der Waals surface area contributed by atoms with Crippen molar-refractivity contribution in [3.8, 4) is 0 Å². The molecule has 1 amide bonds. The van der Waals surface area contributed by atoms with Crippen LogP contribution < -0.4 is 5.32 Å². The molecule has 9 heteroatoms. The van der Waals surface area contributed by atoms with Crippen molar-refractivity contribution in [2.45, 2.75) is 448 Å². The molecule has 0 saturated carbocycles. The van der Waals surface area contributed by atoms with Gasteiger partial charge in [0.25, 0.3) is 0 Å². The lowest BCUT2D eigenvalue weighted by Gasteiger charge is -2.40. The van der Waals surface area contributed by atoms with E-state index in [1.807, 2.05) is 6.08 Å². The van der Waals surface area contributed by atoms with Gasteiger partial charge >= 0.3 is 0 Å². The second kappa shape index (κ2) is 66.6. The topological polar surface area (TPSA) is 149 Å². The number of ether oxygens (including phenoxy) is 2. The molecule has 9 nitrogen and oxygen atoms in total. The SMILES string of the molecule is CCCCCCCCCC/C=C\CCCCCCCCCCCCCCCCCCCCCC(=O)NC(COC1OC(CO)C(O)C(O)C1O)C(O)/C=C/CCCCCCCCCCCCCCCCCCCCCCCCCCCCCCCC. The van der Waals surface area contributed by atoms with Crippen LogP contribution in [0, 0.1) is 0 Å². The lowest BCUT2D eigenvalue weighted by molar-refractivity contribution is -0.302. The maximum absolute atomic E-state index is 13.2. The molecular weight excluding hydrogens is 1070 g/mol. The monoisotopic (exact) mass is 1220 g/mol. The minimum absolute atomic E-state index is 0.167. The average Bonchev–Trinajstić information content (AvgIpc) is 3.59. The van der Waals surface area contributed by atoms with Crippen LogP contribution in [-0.2, 0) is 14.3 Å². The van der Waals surface area contributed by atoms with Crippen LogP contribution in [0.1, 0.15) is 406 Å². The van der Waals surface area contributed by atoms with Crippen LogP contribution in [0.15, 0.2) is 24.3 Å². The first-order valence-electron chi connectivity index (χ1n) is 38.6. The molecule has 86 heavy (non-hydrogen) atoms. The zero-order valence-corrected chi connectivity index (χ0v) is 57.4. The van der Waals surface area contributed by atoms with Crippen molar-refractivity contribution in [3.05, 3.63) is 24.3 Å². The molecule has 0 spiro atoms. The van der Waals surface area contributed by atoms with E-state index in [2.05, 4.69) is 31.3 Å². The van der Waals surface area contributed by atoms with Crippen molar-refractivity contribution in [1.82, 2.24) is 5.32 Å². The Balaban J connectivity index is 2.08. The molecule has 0 aliphatic carbocycles. The summed E-state index contributed by atoms with van der Waals surface area (Å²) in [5.41, 5.74) is 0. The highest BCUT2D eigenvalue weighted by Gasteiger charge is 2.44. The molecule has 1 fully saturated rings. The summed E-state index contributed by atoms with van der Waals surface area (Å²) in [5, 5.41) is 54.9. The van der Waals surface area contributed by atoms with Gasteiger partial charge in [-0.2, -0.15) is 0 Å². The number of aliphatic hydroxyl groups excluding tert-OH is 5. The highest BCUT2D eigenvalue weighted by Crippen LogP contribution is 2.24. The van der Waals surface area contributed by atoms with E-state index in [1.54, 1.807) is 6.08 Å². The number of amides is 1. The summed E-state index contributed by atoms with van der Waals surface area (Å²) in [6, 6.07) is -0.804. The van der Waals surface area contributed by atoms with E-state index in [0.717, 1.165) is 38.5 Å². The third-order valence-corrected chi connectivity index (χ3v) is 18.8. The fourth-order valence-corrected chi connectivity index (χ4v) is 12.7. The van der Waals surface area contributed by atoms with E-state index in [9.17, 15) is 30.3 Å². The minimum Gasteiger partial charge on any atom is -0.394 e. The Morgan fingerprint density at radius 3 is 0.942 bits per heavy atom. The van der Waals surface area contributed by atoms with Crippen molar-refractivity contribution in [2.75, 3.05) is 13.2 Å². The summed E-state index contributed by atoms with van der Waals surface area (Å²) < 4.78 is 11.3. The number of carbonyl (C=O) groups is 1. The quantitative estimate of drug-likeness (QED) is 0.0261. The van der Waals surface area contributed by atoms with Crippen molar-refractivity contribution >= 4 is 5.91 Å². The van der Waals surface area contributed by atoms with Gasteiger partial charge < -0.3 is 40.3 Å². The van der Waals surface area contributed by atoms with Gasteiger partial charge in [-0.15, -0.1) is 0 Å². The first-order valence-corrected chi connectivity index (χ1v) is 38.6. The van der Waals surface area contributed by atoms with Crippen LogP contribution in [0.3, 0.4) is 0 Å². The van der Waals surface area contributed by atoms with Gasteiger partial charge in [-0.05, 0) is 44.9 Å². The molecule has 1 rings (SSSR count). The molecule has 0 aromatic carbocycles. The smallest absolute Gasteiger partial charge is 0.220 e. The Hall–Kier alpha value is -1.33. The normalized spacial score (nSPS) is 18.1. The highest BCUT2D eigenvalue weighted by atomic mass is 16.7. The molecule has 1 heterocycles. The van der Waals surface area contributed by atoms with Crippen molar-refractivity contribution < 1.29 is 39.8 Å². The zero-order valence-electron chi connectivity index (χ0n) is 57.4. The molecule has 510 valence electrons. The van der Waals surface area contributed by atoms with E-state index in [-0.39, 0.29) is 12.5 Å². The lowest BCUT2D eigenvalue weighted by Crippen LogP contribution is -2.60. The molecule has 7 unspecified atom stereocenters. The summed E-state index contributed by atoms with van der Waals surface area (Å²) in [7, 11) is 0. The van der Waals surface area contributed by atoms with E-state index < -0.39 is 49.5 Å². The van der Waals surface area contributed by atoms with E-state index in [1.165, 1.54) is 347 Å². The Bertz CT molecular complexity index is 1410. The van der Waals surface area contributed by atoms with Gasteiger partial charge in [0.15, 0.2) is 6.29 Å². The maximum Gasteiger partial charge on any atom is 0.220 e. The first kappa shape index (κ1) is 82.7. The molecule has 0 bridgehead atoms. The number of hydrogen-bond acceptors (Lipinski definition) is 8. The van der Waals surface area contributed by atoms with Gasteiger partial charge in [0.05, 0.1) is 25.4 Å². The van der Waals surface area contributed by atoms with Gasteiger partial charge in [0.1, 0.15) is 24.4 Å². The summed E-state index contributed by atoms with van der Waals surface area (Å²) in [6.07, 6.45) is 81.7. The van der Waals surface area contributed by atoms with Crippen LogP contribution in [0.25, 0.3) is 0 Å². The van der Waals surface area contributed by atoms with Gasteiger partial charge in [0.2, 0.25) is 5.91 Å². The molecule has 0 radical (unpaired) electrons. The Labute approximate surface area is 534 Å². The van der Waals surface area contributed by atoms with Crippen molar-refractivity contribution in [1.29, 1.82) is 0 Å². The molecule has 6 N–H and O–H groups in total. The predicted molar refractivity (Wildman–Crippen MR) is 369 cm³/mol. The molecule has 1 saturated heterocycles. The number of unbranched alkanes of at least 4 members (excludes halogenated alkanes) is 57. The molecule has 0 aromatic rings. The molecule has 1 aliphatic rings. The van der Waals surface area contributed by atoms with Crippen LogP contribution >= 0.6 is 0 Å². The zero-order chi connectivity index (χ0) is 62.1. The summed E-state index contributed by atoms with van der Waals surface area (Å²) in [4.78, 5) is 13.2. The highest BCUT2D eigenvalue weighted by molar-refractivity contribution is 5.76. The third kappa shape index (κ3) is 54.4. The van der Waals surface area contributed by atoms with Gasteiger partial charge in [-0.25, -0.2) is 0 Å². The van der Waals surface area contributed by atoms with Crippen molar-refractivity contribution in [2.24, 2.45) is 0 Å². The van der Waals surface area contributed by atoms with Crippen LogP contribution in [0.5, 0.6) is 0 Å². The van der Waals surface area contributed by atoms with Gasteiger partial charge in [-0.1, -0.05) is 378 Å². The maximum atomic E-state index is 13.2. The van der Waals surface area contributed by atoms with E-state index in [0.29, 0.717) is 6.42 Å².